The molecule has 4 nitrogen and oxygen atoms in total. The fourth-order valence-corrected chi connectivity index (χ4v) is 1.93. The molecule has 2 rings (SSSR count). The highest BCUT2D eigenvalue weighted by molar-refractivity contribution is 5.47. The Balaban J connectivity index is 2.30. The summed E-state index contributed by atoms with van der Waals surface area (Å²) >= 11 is 0. The van der Waals surface area contributed by atoms with Crippen molar-refractivity contribution < 1.29 is 9.66 Å². The molecular formula is C15H14NO3. The zero-order valence-corrected chi connectivity index (χ0v) is 10.6. The lowest BCUT2D eigenvalue weighted by molar-refractivity contribution is -0.385. The SMILES string of the molecule is CO[C](Cc1ccccc1)c1ccccc1[N+](=O)[O-]. The quantitative estimate of drug-likeness (QED) is 0.608. The van der Waals surface area contributed by atoms with Crippen molar-refractivity contribution in [3.8, 4) is 0 Å². The summed E-state index contributed by atoms with van der Waals surface area (Å²) in [6.45, 7) is 0. The van der Waals surface area contributed by atoms with E-state index in [0.29, 0.717) is 18.1 Å². The normalized spacial score (nSPS) is 10.6. The third-order valence-electron chi connectivity index (χ3n) is 2.86. The molecule has 0 saturated carbocycles. The van der Waals surface area contributed by atoms with Crippen LogP contribution in [0.5, 0.6) is 0 Å². The molecule has 19 heavy (non-hydrogen) atoms. The van der Waals surface area contributed by atoms with Gasteiger partial charge >= 0.3 is 0 Å². The lowest BCUT2D eigenvalue weighted by Gasteiger charge is -2.14. The first-order valence-electron chi connectivity index (χ1n) is 5.90. The number of ether oxygens (including phenoxy) is 1. The molecular weight excluding hydrogens is 242 g/mol. The monoisotopic (exact) mass is 256 g/mol. The Bertz CT molecular complexity index is 554. The van der Waals surface area contributed by atoms with Crippen LogP contribution in [0.25, 0.3) is 0 Å². The molecule has 4 heteroatoms. The maximum absolute atomic E-state index is 11.0. The van der Waals surface area contributed by atoms with Gasteiger partial charge in [-0.3, -0.25) is 10.1 Å². The number of benzene rings is 2. The summed E-state index contributed by atoms with van der Waals surface area (Å²) in [7, 11) is 1.54. The first-order valence-corrected chi connectivity index (χ1v) is 5.90. The Morgan fingerprint density at radius 2 is 1.74 bits per heavy atom. The van der Waals surface area contributed by atoms with Gasteiger partial charge in [0.05, 0.1) is 10.5 Å². The summed E-state index contributed by atoms with van der Waals surface area (Å²) in [4.78, 5) is 10.6. The molecule has 0 spiro atoms. The minimum absolute atomic E-state index is 0.0651. The van der Waals surface area contributed by atoms with Crippen LogP contribution in [-0.4, -0.2) is 12.0 Å². The van der Waals surface area contributed by atoms with Crippen molar-refractivity contribution in [2.75, 3.05) is 7.11 Å². The minimum Gasteiger partial charge on any atom is -0.369 e. The topological polar surface area (TPSA) is 52.4 Å². The van der Waals surface area contributed by atoms with Crippen LogP contribution in [-0.2, 0) is 11.2 Å². The van der Waals surface area contributed by atoms with E-state index in [1.807, 2.05) is 30.3 Å². The summed E-state index contributed by atoms with van der Waals surface area (Å²) in [6, 6.07) is 16.3. The van der Waals surface area contributed by atoms with Gasteiger partial charge in [-0.15, -0.1) is 0 Å². The summed E-state index contributed by atoms with van der Waals surface area (Å²) in [5.74, 6) is 0. The molecule has 97 valence electrons. The highest BCUT2D eigenvalue weighted by Gasteiger charge is 2.22. The molecule has 0 unspecified atom stereocenters. The molecule has 0 aliphatic rings. The second-order valence-corrected chi connectivity index (χ2v) is 4.06. The molecule has 2 aromatic carbocycles. The zero-order chi connectivity index (χ0) is 13.7. The highest BCUT2D eigenvalue weighted by Crippen LogP contribution is 2.28. The van der Waals surface area contributed by atoms with E-state index in [9.17, 15) is 10.1 Å². The third kappa shape index (κ3) is 3.17. The van der Waals surface area contributed by atoms with Gasteiger partial charge in [-0.25, -0.2) is 0 Å². The van der Waals surface area contributed by atoms with E-state index in [4.69, 9.17) is 4.74 Å². The lowest BCUT2D eigenvalue weighted by Crippen LogP contribution is -2.09. The maximum Gasteiger partial charge on any atom is 0.275 e. The minimum atomic E-state index is -0.390. The average molecular weight is 256 g/mol. The van der Waals surface area contributed by atoms with Crippen LogP contribution in [0.3, 0.4) is 0 Å². The molecule has 0 atom stereocenters. The molecule has 2 aromatic rings. The van der Waals surface area contributed by atoms with Gasteiger partial charge in [0.1, 0.15) is 6.10 Å². The second-order valence-electron chi connectivity index (χ2n) is 4.06. The fourth-order valence-electron chi connectivity index (χ4n) is 1.93. The first kappa shape index (κ1) is 13.2. The molecule has 0 N–H and O–H groups in total. The summed E-state index contributed by atoms with van der Waals surface area (Å²) in [6.07, 6.45) is 1.13. The number of nitro groups is 1. The molecule has 0 aliphatic carbocycles. The van der Waals surface area contributed by atoms with Crippen LogP contribution in [0.1, 0.15) is 11.1 Å². The second kappa shape index (κ2) is 6.11. The standard InChI is InChI=1S/C15H14NO3/c1-19-15(11-12-7-3-2-4-8-12)13-9-5-6-10-14(13)16(17)18/h2-10H,11H2,1H3. The van der Waals surface area contributed by atoms with Crippen molar-refractivity contribution in [3.63, 3.8) is 0 Å². The van der Waals surface area contributed by atoms with Crippen LogP contribution in [0.4, 0.5) is 5.69 Å². The maximum atomic E-state index is 11.0. The van der Waals surface area contributed by atoms with E-state index < -0.39 is 0 Å². The van der Waals surface area contributed by atoms with Crippen LogP contribution >= 0.6 is 0 Å². The van der Waals surface area contributed by atoms with E-state index >= 15 is 0 Å². The van der Waals surface area contributed by atoms with Crippen molar-refractivity contribution in [1.29, 1.82) is 0 Å². The van der Waals surface area contributed by atoms with Crippen LogP contribution < -0.4 is 0 Å². The van der Waals surface area contributed by atoms with E-state index in [-0.39, 0.29) is 10.6 Å². The van der Waals surface area contributed by atoms with Crippen LogP contribution in [0, 0.1) is 16.2 Å². The van der Waals surface area contributed by atoms with Crippen molar-refractivity contribution >= 4 is 5.69 Å². The Hall–Kier alpha value is -2.20. The number of nitrogens with zero attached hydrogens (tertiary/aromatic N) is 1. The fraction of sp³-hybridized carbons (Fsp3) is 0.133. The number of hydrogen-bond donors (Lipinski definition) is 0. The first-order chi connectivity index (χ1) is 9.22. The van der Waals surface area contributed by atoms with Gasteiger partial charge in [0.25, 0.3) is 5.69 Å². The molecule has 0 aromatic heterocycles. The van der Waals surface area contributed by atoms with E-state index in [2.05, 4.69) is 0 Å². The Kier molecular flexibility index (Phi) is 4.26. The van der Waals surface area contributed by atoms with Crippen molar-refractivity contribution in [2.24, 2.45) is 0 Å². The van der Waals surface area contributed by atoms with Crippen LogP contribution in [0.2, 0.25) is 0 Å². The Morgan fingerprint density at radius 3 is 2.37 bits per heavy atom. The lowest BCUT2D eigenvalue weighted by atomic mass is 10.00. The number of nitro benzene ring substituents is 1. The molecule has 1 radical (unpaired) electrons. The van der Waals surface area contributed by atoms with Gasteiger partial charge in [-0.1, -0.05) is 42.5 Å². The van der Waals surface area contributed by atoms with Gasteiger partial charge in [-0.05, 0) is 11.6 Å². The summed E-state index contributed by atoms with van der Waals surface area (Å²) < 4.78 is 5.34. The molecule has 0 amide bonds. The van der Waals surface area contributed by atoms with Crippen LogP contribution in [0.15, 0.2) is 54.6 Å². The van der Waals surface area contributed by atoms with E-state index in [0.717, 1.165) is 5.56 Å². The third-order valence-corrected chi connectivity index (χ3v) is 2.86. The van der Waals surface area contributed by atoms with Gasteiger partial charge in [-0.2, -0.15) is 0 Å². The predicted octanol–water partition coefficient (Wildman–Crippen LogP) is 3.36. The zero-order valence-electron chi connectivity index (χ0n) is 10.6. The number of hydrogen-bond acceptors (Lipinski definition) is 3. The van der Waals surface area contributed by atoms with E-state index in [1.165, 1.54) is 13.2 Å². The Morgan fingerprint density at radius 1 is 1.11 bits per heavy atom. The van der Waals surface area contributed by atoms with Gasteiger partial charge in [0.15, 0.2) is 0 Å². The molecule has 0 saturated heterocycles. The summed E-state index contributed by atoms with van der Waals surface area (Å²) in [5.41, 5.74) is 1.65. The number of methoxy groups -OCH3 is 1. The number of rotatable bonds is 5. The predicted molar refractivity (Wildman–Crippen MR) is 72.6 cm³/mol. The van der Waals surface area contributed by atoms with Crippen molar-refractivity contribution in [1.82, 2.24) is 0 Å². The molecule has 0 bridgehead atoms. The molecule has 0 heterocycles. The highest BCUT2D eigenvalue weighted by atomic mass is 16.6. The largest absolute Gasteiger partial charge is 0.369 e. The van der Waals surface area contributed by atoms with Gasteiger partial charge in [0, 0.05) is 19.6 Å². The summed E-state index contributed by atoms with van der Waals surface area (Å²) in [5, 5.41) is 11.0. The molecule has 0 aliphatic heterocycles. The molecule has 0 fully saturated rings. The average Bonchev–Trinajstić information content (AvgIpc) is 2.46. The Labute approximate surface area is 111 Å². The van der Waals surface area contributed by atoms with Gasteiger partial charge in [0.2, 0.25) is 0 Å². The number of para-hydroxylation sites is 1. The van der Waals surface area contributed by atoms with E-state index in [1.54, 1.807) is 18.2 Å². The smallest absolute Gasteiger partial charge is 0.275 e. The van der Waals surface area contributed by atoms with Crippen molar-refractivity contribution in [3.05, 3.63) is 81.9 Å². The van der Waals surface area contributed by atoms with Crippen molar-refractivity contribution in [2.45, 2.75) is 6.42 Å². The van der Waals surface area contributed by atoms with Gasteiger partial charge < -0.3 is 4.74 Å².